The first-order valence-electron chi connectivity index (χ1n) is 6.92. The van der Waals surface area contributed by atoms with Crippen LogP contribution in [0, 0.1) is 0 Å². The van der Waals surface area contributed by atoms with Crippen LogP contribution in [-0.2, 0) is 6.54 Å². The molecule has 2 N–H and O–H groups in total. The maximum absolute atomic E-state index is 12.2. The molecule has 0 saturated heterocycles. The quantitative estimate of drug-likeness (QED) is 0.685. The lowest BCUT2D eigenvalue weighted by molar-refractivity contribution is 0.102. The molecule has 1 heterocycles. The summed E-state index contributed by atoms with van der Waals surface area (Å²) >= 11 is 0.779. The van der Waals surface area contributed by atoms with Crippen LogP contribution in [0.4, 0.5) is 4.79 Å². The average molecular weight is 294 g/mol. The molecule has 3 rings (SSSR count). The van der Waals surface area contributed by atoms with Gasteiger partial charge in [-0.1, -0.05) is 19.3 Å². The van der Waals surface area contributed by atoms with E-state index in [1.165, 1.54) is 19.3 Å². The van der Waals surface area contributed by atoms with Gasteiger partial charge in [0.1, 0.15) is 23.7 Å². The Morgan fingerprint density at radius 1 is 1.30 bits per heavy atom. The molecule has 6 heteroatoms. The van der Waals surface area contributed by atoms with E-state index in [2.05, 4.69) is 0 Å². The van der Waals surface area contributed by atoms with Gasteiger partial charge in [0, 0.05) is 17.7 Å². The fraction of sp³-hybridized carbons (Fsp3) is 0.500. The Morgan fingerprint density at radius 2 is 2.10 bits per heavy atom. The van der Waals surface area contributed by atoms with E-state index in [-0.39, 0.29) is 6.09 Å². The average Bonchev–Trinajstić information content (AvgIpc) is 2.48. The second kappa shape index (κ2) is 5.93. The number of nitrogens with zero attached hydrogens (tertiary/aromatic N) is 1. The first-order chi connectivity index (χ1) is 9.78. The van der Waals surface area contributed by atoms with Gasteiger partial charge in [-0.15, -0.1) is 0 Å². The highest BCUT2D eigenvalue weighted by molar-refractivity contribution is 7.92. The molecule has 0 atom stereocenters. The SMILES string of the molecule is NSOc1ccc2c(c1)OC(=O)N(C1CCCCC1)C2. The normalized spacial score (nSPS) is 19.4. The zero-order valence-corrected chi connectivity index (χ0v) is 12.0. The summed E-state index contributed by atoms with van der Waals surface area (Å²) in [5, 5.41) is 5.26. The maximum atomic E-state index is 12.2. The van der Waals surface area contributed by atoms with Crippen LogP contribution in [-0.4, -0.2) is 17.0 Å². The summed E-state index contributed by atoms with van der Waals surface area (Å²) in [6, 6.07) is 5.81. The van der Waals surface area contributed by atoms with E-state index < -0.39 is 0 Å². The van der Waals surface area contributed by atoms with Crippen molar-refractivity contribution in [3.8, 4) is 11.5 Å². The van der Waals surface area contributed by atoms with Crippen molar-refractivity contribution in [2.24, 2.45) is 5.14 Å². The second-order valence-electron chi connectivity index (χ2n) is 5.24. The third-order valence-corrected chi connectivity index (χ3v) is 4.26. The number of ether oxygens (including phenoxy) is 1. The molecule has 1 aromatic rings. The number of carbonyl (C=O) groups is 1. The lowest BCUT2D eigenvalue weighted by atomic mass is 9.94. The molecule has 0 unspecified atom stereocenters. The van der Waals surface area contributed by atoms with Gasteiger partial charge in [0.15, 0.2) is 0 Å². The molecular formula is C14H18N2O3S. The Hall–Kier alpha value is -1.40. The fourth-order valence-corrected chi connectivity index (χ4v) is 3.15. The van der Waals surface area contributed by atoms with Gasteiger partial charge in [0.25, 0.3) is 0 Å². The zero-order valence-electron chi connectivity index (χ0n) is 11.2. The molecule has 20 heavy (non-hydrogen) atoms. The lowest BCUT2D eigenvalue weighted by Crippen LogP contribution is -2.44. The number of fused-ring (bicyclic) bond motifs is 1. The molecule has 1 aliphatic carbocycles. The minimum absolute atomic E-state index is 0.248. The minimum Gasteiger partial charge on any atom is -0.410 e. The van der Waals surface area contributed by atoms with Gasteiger partial charge in [-0.2, -0.15) is 0 Å². The van der Waals surface area contributed by atoms with Crippen molar-refractivity contribution in [1.82, 2.24) is 4.90 Å². The van der Waals surface area contributed by atoms with Crippen LogP contribution in [0.5, 0.6) is 11.5 Å². The zero-order chi connectivity index (χ0) is 13.9. The van der Waals surface area contributed by atoms with Crippen molar-refractivity contribution in [2.45, 2.75) is 44.7 Å². The Balaban J connectivity index is 1.78. The van der Waals surface area contributed by atoms with Crippen LogP contribution in [0.2, 0.25) is 0 Å². The van der Waals surface area contributed by atoms with E-state index >= 15 is 0 Å². The summed E-state index contributed by atoms with van der Waals surface area (Å²) in [4.78, 5) is 14.0. The number of rotatable bonds is 3. The molecule has 0 aromatic heterocycles. The van der Waals surface area contributed by atoms with Crippen LogP contribution in [0.15, 0.2) is 18.2 Å². The number of carbonyl (C=O) groups excluding carboxylic acids is 1. The van der Waals surface area contributed by atoms with Crippen LogP contribution in [0.3, 0.4) is 0 Å². The van der Waals surface area contributed by atoms with Gasteiger partial charge in [0.05, 0.1) is 6.54 Å². The van der Waals surface area contributed by atoms with Gasteiger partial charge in [0.2, 0.25) is 0 Å². The number of hydrogen-bond acceptors (Lipinski definition) is 5. The summed E-state index contributed by atoms with van der Waals surface area (Å²) in [5.74, 6) is 1.17. The minimum atomic E-state index is -0.248. The molecule has 2 aliphatic rings. The molecule has 1 aromatic carbocycles. The highest BCUT2D eigenvalue weighted by atomic mass is 32.2. The standard InChI is InChI=1S/C14H18N2O3S/c15-20-19-12-7-6-10-9-16(11-4-2-1-3-5-11)14(17)18-13(10)8-12/h6-8,11H,1-5,9,15H2. The first-order valence-corrected chi connectivity index (χ1v) is 7.73. The monoisotopic (exact) mass is 294 g/mol. The van der Waals surface area contributed by atoms with Gasteiger partial charge < -0.3 is 13.8 Å². The summed E-state index contributed by atoms with van der Waals surface area (Å²) in [5.41, 5.74) is 1.02. The number of benzene rings is 1. The number of nitrogens with two attached hydrogens (primary N) is 1. The van der Waals surface area contributed by atoms with Gasteiger partial charge in [-0.3, -0.25) is 0 Å². The van der Waals surface area contributed by atoms with E-state index in [0.29, 0.717) is 24.1 Å². The fourth-order valence-electron chi connectivity index (χ4n) is 2.94. The van der Waals surface area contributed by atoms with Crippen molar-refractivity contribution < 1.29 is 13.7 Å². The van der Waals surface area contributed by atoms with Gasteiger partial charge >= 0.3 is 6.09 Å². The highest BCUT2D eigenvalue weighted by Gasteiger charge is 2.31. The van der Waals surface area contributed by atoms with E-state index in [9.17, 15) is 4.79 Å². The van der Waals surface area contributed by atoms with E-state index in [1.54, 1.807) is 6.07 Å². The van der Waals surface area contributed by atoms with Crippen molar-refractivity contribution in [3.05, 3.63) is 23.8 Å². The van der Waals surface area contributed by atoms with Crippen LogP contribution >= 0.6 is 12.2 Å². The summed E-state index contributed by atoms with van der Waals surface area (Å²) in [6.45, 7) is 0.620. The Morgan fingerprint density at radius 3 is 2.85 bits per heavy atom. The van der Waals surface area contributed by atoms with Crippen molar-refractivity contribution >= 4 is 18.3 Å². The molecule has 1 aliphatic heterocycles. The van der Waals surface area contributed by atoms with E-state index in [1.807, 2.05) is 17.0 Å². The summed E-state index contributed by atoms with van der Waals surface area (Å²) in [7, 11) is 0. The molecule has 1 fully saturated rings. The van der Waals surface area contributed by atoms with E-state index in [0.717, 1.165) is 30.6 Å². The lowest BCUT2D eigenvalue weighted by Gasteiger charge is -2.36. The predicted octanol–water partition coefficient (Wildman–Crippen LogP) is 3.23. The highest BCUT2D eigenvalue weighted by Crippen LogP contribution is 2.34. The van der Waals surface area contributed by atoms with Crippen molar-refractivity contribution in [1.29, 1.82) is 0 Å². The molecule has 0 bridgehead atoms. The van der Waals surface area contributed by atoms with Crippen molar-refractivity contribution in [3.63, 3.8) is 0 Å². The largest absolute Gasteiger partial charge is 0.415 e. The smallest absolute Gasteiger partial charge is 0.410 e. The molecule has 1 amide bonds. The van der Waals surface area contributed by atoms with Crippen LogP contribution in [0.25, 0.3) is 0 Å². The van der Waals surface area contributed by atoms with E-state index in [4.69, 9.17) is 14.1 Å². The van der Waals surface area contributed by atoms with Gasteiger partial charge in [-0.25, -0.2) is 9.93 Å². The Labute approximate surface area is 122 Å². The molecule has 1 saturated carbocycles. The second-order valence-corrected chi connectivity index (χ2v) is 5.60. The third kappa shape index (κ3) is 2.71. The number of hydrogen-bond donors (Lipinski definition) is 1. The molecule has 0 radical (unpaired) electrons. The maximum Gasteiger partial charge on any atom is 0.415 e. The topological polar surface area (TPSA) is 64.8 Å². The third-order valence-electron chi connectivity index (χ3n) is 3.97. The molecular weight excluding hydrogens is 276 g/mol. The summed E-state index contributed by atoms with van der Waals surface area (Å²) < 4.78 is 10.6. The van der Waals surface area contributed by atoms with Crippen molar-refractivity contribution in [2.75, 3.05) is 0 Å². The Kier molecular flexibility index (Phi) is 4.03. The predicted molar refractivity (Wildman–Crippen MR) is 77.3 cm³/mol. The molecule has 5 nitrogen and oxygen atoms in total. The van der Waals surface area contributed by atoms with Crippen LogP contribution < -0.4 is 14.1 Å². The Bertz CT molecular complexity index is 503. The summed E-state index contributed by atoms with van der Waals surface area (Å²) in [6.07, 6.45) is 5.57. The van der Waals surface area contributed by atoms with Crippen LogP contribution in [0.1, 0.15) is 37.7 Å². The number of amides is 1. The molecule has 0 spiro atoms. The van der Waals surface area contributed by atoms with Gasteiger partial charge in [-0.05, 0) is 25.0 Å². The molecule has 108 valence electrons. The first kappa shape index (κ1) is 13.6.